The van der Waals surface area contributed by atoms with Gasteiger partial charge in [0.05, 0.1) is 30.2 Å². The molecule has 1 aliphatic rings. The van der Waals surface area contributed by atoms with Gasteiger partial charge in [0.2, 0.25) is 6.79 Å². The number of aliphatic carboxylic acids is 1. The highest BCUT2D eigenvalue weighted by atomic mass is 32.2. The minimum absolute atomic E-state index is 0.0447. The number of nitrogens with one attached hydrogen (secondary N) is 3. The van der Waals surface area contributed by atoms with Crippen LogP contribution in [0.25, 0.3) is 0 Å². The van der Waals surface area contributed by atoms with Crippen LogP contribution in [0, 0.1) is 0 Å². The molecule has 0 bridgehead atoms. The van der Waals surface area contributed by atoms with Gasteiger partial charge in [-0.15, -0.1) is 0 Å². The number of carbonyl (C=O) groups excluding carboxylic acids is 2. The Bertz CT molecular complexity index is 1220. The van der Waals surface area contributed by atoms with Gasteiger partial charge in [-0.2, -0.15) is 0 Å². The maximum Gasteiger partial charge on any atom is 0.406 e. The van der Waals surface area contributed by atoms with Crippen LogP contribution in [0.15, 0.2) is 53.4 Å². The van der Waals surface area contributed by atoms with Gasteiger partial charge in [0.25, 0.3) is 0 Å². The zero-order valence-electron chi connectivity index (χ0n) is 20.8. The van der Waals surface area contributed by atoms with Crippen molar-refractivity contribution in [3.63, 3.8) is 0 Å². The molecule has 0 unspecified atom stereocenters. The summed E-state index contributed by atoms with van der Waals surface area (Å²) in [6.07, 6.45) is 0.354. The lowest BCUT2D eigenvalue weighted by Crippen LogP contribution is -2.46. The van der Waals surface area contributed by atoms with Gasteiger partial charge in [0, 0.05) is 12.6 Å². The number of carbonyl (C=O) groups is 3. The number of urea groups is 1. The van der Waals surface area contributed by atoms with Gasteiger partial charge in [-0.3, -0.25) is 4.79 Å². The molecular formula is C25H31N3O9S. The predicted octanol–water partition coefficient (Wildman–Crippen LogP) is 2.60. The largest absolute Gasteiger partial charge is 0.481 e. The average Bonchev–Trinajstić information content (AvgIpc) is 3.36. The molecule has 12 nitrogen and oxygen atoms in total. The lowest BCUT2D eigenvalue weighted by atomic mass is 10.0. The van der Waals surface area contributed by atoms with Crippen LogP contribution in [0.5, 0.6) is 11.5 Å². The van der Waals surface area contributed by atoms with Crippen LogP contribution in [0.4, 0.5) is 9.59 Å². The molecule has 2 atom stereocenters. The molecule has 0 spiro atoms. The average molecular weight is 550 g/mol. The van der Waals surface area contributed by atoms with E-state index < -0.39 is 46.4 Å². The van der Waals surface area contributed by atoms with E-state index in [1.165, 1.54) is 19.2 Å². The number of rotatable bonds is 13. The number of carboxylic acids is 1. The molecular weight excluding hydrogens is 518 g/mol. The smallest absolute Gasteiger partial charge is 0.406 e. The second kappa shape index (κ2) is 13.5. The van der Waals surface area contributed by atoms with E-state index in [9.17, 15) is 27.9 Å². The fourth-order valence-electron chi connectivity index (χ4n) is 3.91. The Kier molecular flexibility index (Phi) is 10.2. The Balaban J connectivity index is 1.69. The van der Waals surface area contributed by atoms with E-state index in [1.54, 1.807) is 36.4 Å². The Labute approximate surface area is 220 Å². The zero-order valence-corrected chi connectivity index (χ0v) is 21.7. The zero-order chi connectivity index (χ0) is 27.5. The summed E-state index contributed by atoms with van der Waals surface area (Å²) in [5.41, 5.74) is 0.495. The fraction of sp³-hybridized carbons (Fsp3) is 0.400. The van der Waals surface area contributed by atoms with Crippen LogP contribution in [0.2, 0.25) is 0 Å². The molecule has 38 heavy (non-hydrogen) atoms. The van der Waals surface area contributed by atoms with E-state index in [0.717, 1.165) is 0 Å². The first kappa shape index (κ1) is 28.6. The molecule has 13 heteroatoms. The number of amides is 3. The summed E-state index contributed by atoms with van der Waals surface area (Å²) >= 11 is 0. The summed E-state index contributed by atoms with van der Waals surface area (Å²) in [5, 5.41) is 17.3. The molecule has 206 valence electrons. The van der Waals surface area contributed by atoms with Crippen LogP contribution < -0.4 is 25.4 Å². The van der Waals surface area contributed by atoms with E-state index in [1.807, 2.05) is 0 Å². The standard InChI is InChI=1S/C25H31N3O9S/c1-35-25(32)26-12-6-5-7-18(15-38(33,34)19-8-3-2-4-9-19)27-24(31)28-20(14-23(29)30)17-10-11-21-22(13-17)37-16-36-21/h2-4,8-11,13,18,20H,5-7,12,14-16H2,1H3,(H,26,32)(H,29,30)(H2,27,28,31)/t18-,20-/m0/s1. The van der Waals surface area contributed by atoms with Crippen molar-refractivity contribution in [1.82, 2.24) is 16.0 Å². The third-order valence-corrected chi connectivity index (χ3v) is 7.61. The third-order valence-electron chi connectivity index (χ3n) is 5.78. The summed E-state index contributed by atoms with van der Waals surface area (Å²) in [7, 11) is -2.47. The minimum atomic E-state index is -3.73. The molecule has 1 heterocycles. The predicted molar refractivity (Wildman–Crippen MR) is 136 cm³/mol. The third kappa shape index (κ3) is 8.54. The van der Waals surface area contributed by atoms with Gasteiger partial charge in [-0.05, 0) is 49.1 Å². The van der Waals surface area contributed by atoms with Crippen LogP contribution >= 0.6 is 0 Å². The highest BCUT2D eigenvalue weighted by Gasteiger charge is 2.26. The summed E-state index contributed by atoms with van der Waals surface area (Å²) in [6, 6.07) is 10.4. The van der Waals surface area contributed by atoms with Gasteiger partial charge in [0.15, 0.2) is 21.3 Å². The van der Waals surface area contributed by atoms with Crippen LogP contribution in [-0.2, 0) is 19.4 Å². The van der Waals surface area contributed by atoms with Crippen molar-refractivity contribution in [2.75, 3.05) is 26.2 Å². The molecule has 2 aromatic rings. The van der Waals surface area contributed by atoms with E-state index >= 15 is 0 Å². The number of alkyl carbamates (subject to hydrolysis) is 1. The maximum absolute atomic E-state index is 13.0. The van der Waals surface area contributed by atoms with E-state index in [0.29, 0.717) is 42.9 Å². The number of unbranched alkanes of at least 4 members (excludes halogenated alkanes) is 1. The number of carboxylic acid groups (broad SMARTS) is 1. The minimum Gasteiger partial charge on any atom is -0.481 e. The van der Waals surface area contributed by atoms with Crippen molar-refractivity contribution in [2.24, 2.45) is 0 Å². The summed E-state index contributed by atoms with van der Waals surface area (Å²) in [4.78, 5) is 35.8. The fourth-order valence-corrected chi connectivity index (χ4v) is 5.45. The second-order valence-corrected chi connectivity index (χ2v) is 10.6. The van der Waals surface area contributed by atoms with Crippen molar-refractivity contribution in [3.05, 3.63) is 54.1 Å². The SMILES string of the molecule is COC(=O)NCCCC[C@@H](CS(=O)(=O)c1ccccc1)NC(=O)N[C@@H](CC(=O)O)c1ccc2c(c1)OCO2. The molecule has 0 saturated heterocycles. The van der Waals surface area contributed by atoms with Crippen molar-refractivity contribution in [2.45, 2.75) is 42.7 Å². The molecule has 0 aliphatic carbocycles. The van der Waals surface area contributed by atoms with Gasteiger partial charge >= 0.3 is 18.1 Å². The number of benzene rings is 2. The number of ether oxygens (including phenoxy) is 3. The molecule has 3 amide bonds. The van der Waals surface area contributed by atoms with E-state index in [2.05, 4.69) is 20.7 Å². The number of hydrogen-bond donors (Lipinski definition) is 4. The van der Waals surface area contributed by atoms with Crippen molar-refractivity contribution in [1.29, 1.82) is 0 Å². The highest BCUT2D eigenvalue weighted by molar-refractivity contribution is 7.91. The van der Waals surface area contributed by atoms with Crippen LogP contribution in [0.1, 0.15) is 37.3 Å². The summed E-state index contributed by atoms with van der Waals surface area (Å²) in [5.74, 6) is -0.537. The number of hydrogen-bond acceptors (Lipinski definition) is 8. The van der Waals surface area contributed by atoms with E-state index in [4.69, 9.17) is 9.47 Å². The first-order chi connectivity index (χ1) is 18.2. The monoisotopic (exact) mass is 549 g/mol. The van der Waals surface area contributed by atoms with Gasteiger partial charge in [-0.25, -0.2) is 18.0 Å². The molecule has 0 radical (unpaired) electrons. The topological polar surface area (TPSA) is 169 Å². The molecule has 0 aromatic heterocycles. The van der Waals surface area contributed by atoms with Crippen molar-refractivity contribution < 1.29 is 42.1 Å². The maximum atomic E-state index is 13.0. The molecule has 0 saturated carbocycles. The number of methoxy groups -OCH3 is 1. The van der Waals surface area contributed by atoms with Crippen molar-refractivity contribution >= 4 is 27.9 Å². The summed E-state index contributed by atoms with van der Waals surface area (Å²) in [6.45, 7) is 0.366. The Morgan fingerprint density at radius 2 is 1.76 bits per heavy atom. The number of sulfone groups is 1. The lowest BCUT2D eigenvalue weighted by molar-refractivity contribution is -0.137. The van der Waals surface area contributed by atoms with Crippen LogP contribution in [0.3, 0.4) is 0 Å². The van der Waals surface area contributed by atoms with Crippen LogP contribution in [-0.4, -0.2) is 63.9 Å². The highest BCUT2D eigenvalue weighted by Crippen LogP contribution is 2.34. The molecule has 3 rings (SSSR count). The van der Waals surface area contributed by atoms with Gasteiger partial charge in [-0.1, -0.05) is 24.3 Å². The molecule has 0 fully saturated rings. The summed E-state index contributed by atoms with van der Waals surface area (Å²) < 4.78 is 41.1. The molecule has 2 aromatic carbocycles. The quantitative estimate of drug-likeness (QED) is 0.274. The Hall–Kier alpha value is -4.00. The molecule has 1 aliphatic heterocycles. The second-order valence-electron chi connectivity index (χ2n) is 8.59. The molecule has 4 N–H and O–H groups in total. The Morgan fingerprint density at radius 1 is 1.03 bits per heavy atom. The van der Waals surface area contributed by atoms with Crippen molar-refractivity contribution in [3.8, 4) is 11.5 Å². The van der Waals surface area contributed by atoms with Gasteiger partial charge in [0.1, 0.15) is 0 Å². The van der Waals surface area contributed by atoms with Gasteiger partial charge < -0.3 is 35.3 Å². The first-order valence-electron chi connectivity index (χ1n) is 12.0. The number of fused-ring (bicyclic) bond motifs is 1. The lowest BCUT2D eigenvalue weighted by Gasteiger charge is -2.23. The first-order valence-corrected chi connectivity index (χ1v) is 13.6. The normalized spacial score (nSPS) is 13.7. The Morgan fingerprint density at radius 3 is 2.47 bits per heavy atom. The van der Waals surface area contributed by atoms with E-state index in [-0.39, 0.29) is 17.4 Å².